The normalized spacial score (nSPS) is 12.2. The Morgan fingerprint density at radius 3 is 2.50 bits per heavy atom. The lowest BCUT2D eigenvalue weighted by Crippen LogP contribution is -2.07. The highest BCUT2D eigenvalue weighted by Crippen LogP contribution is 2.29. The molecular weight excluding hydrogens is 248 g/mol. The molecule has 0 radical (unpaired) electrons. The zero-order chi connectivity index (χ0) is 13.9. The molecule has 0 spiro atoms. The Labute approximate surface area is 117 Å². The number of rotatable bonds is 3. The summed E-state index contributed by atoms with van der Waals surface area (Å²) in [5, 5.41) is 5.57. The Morgan fingerprint density at radius 1 is 0.950 bits per heavy atom. The van der Waals surface area contributed by atoms with Crippen LogP contribution >= 0.6 is 0 Å². The fourth-order valence-electron chi connectivity index (χ4n) is 2.31. The third kappa shape index (κ3) is 2.28. The molecule has 100 valence electrons. The van der Waals surface area contributed by atoms with Gasteiger partial charge >= 0.3 is 0 Å². The minimum Gasteiger partial charge on any atom is -0.398 e. The molecule has 3 rings (SSSR count). The Kier molecular flexibility index (Phi) is 3.21. The summed E-state index contributed by atoms with van der Waals surface area (Å²) < 4.78 is 0. The summed E-state index contributed by atoms with van der Waals surface area (Å²) in [5.74, 6) is 0. The van der Waals surface area contributed by atoms with Gasteiger partial charge in [0.15, 0.2) is 0 Å². The monoisotopic (exact) mass is 264 g/mol. The summed E-state index contributed by atoms with van der Waals surface area (Å²) in [5.41, 5.74) is 8.99. The van der Waals surface area contributed by atoms with E-state index in [1.54, 1.807) is 24.8 Å². The number of aromatic nitrogens is 2. The lowest BCUT2D eigenvalue weighted by atomic mass is 10.1. The van der Waals surface area contributed by atoms with Crippen molar-refractivity contribution in [2.75, 3.05) is 11.1 Å². The van der Waals surface area contributed by atoms with Crippen LogP contribution in [0.3, 0.4) is 0 Å². The largest absolute Gasteiger partial charge is 0.398 e. The van der Waals surface area contributed by atoms with Gasteiger partial charge < -0.3 is 11.1 Å². The van der Waals surface area contributed by atoms with Crippen molar-refractivity contribution in [3.8, 4) is 0 Å². The molecule has 0 saturated carbocycles. The highest BCUT2D eigenvalue weighted by atomic mass is 14.9. The molecule has 0 aliphatic rings. The van der Waals surface area contributed by atoms with Gasteiger partial charge in [0.2, 0.25) is 0 Å². The number of nitrogen functional groups attached to an aromatic ring is 1. The number of hydrogen-bond acceptors (Lipinski definition) is 4. The van der Waals surface area contributed by atoms with Gasteiger partial charge in [-0.3, -0.25) is 9.97 Å². The number of pyridine rings is 2. The van der Waals surface area contributed by atoms with Gasteiger partial charge in [0, 0.05) is 53.0 Å². The number of anilines is 2. The van der Waals surface area contributed by atoms with Crippen LogP contribution in [0.15, 0.2) is 55.1 Å². The van der Waals surface area contributed by atoms with Crippen LogP contribution in [0.2, 0.25) is 0 Å². The van der Waals surface area contributed by atoms with E-state index in [0.29, 0.717) is 0 Å². The number of nitrogens with two attached hydrogens (primary N) is 1. The van der Waals surface area contributed by atoms with E-state index in [4.69, 9.17) is 5.73 Å². The second-order valence-electron chi connectivity index (χ2n) is 4.77. The van der Waals surface area contributed by atoms with E-state index in [1.165, 1.54) is 5.56 Å². The number of hydrogen-bond donors (Lipinski definition) is 2. The fourth-order valence-corrected chi connectivity index (χ4v) is 2.31. The van der Waals surface area contributed by atoms with Crippen molar-refractivity contribution < 1.29 is 0 Å². The van der Waals surface area contributed by atoms with Crippen LogP contribution in [0.1, 0.15) is 18.5 Å². The molecule has 2 heterocycles. The van der Waals surface area contributed by atoms with E-state index in [1.807, 2.05) is 30.3 Å². The van der Waals surface area contributed by atoms with E-state index < -0.39 is 0 Å². The summed E-state index contributed by atoms with van der Waals surface area (Å²) in [6, 6.07) is 10.1. The van der Waals surface area contributed by atoms with Gasteiger partial charge in [0.1, 0.15) is 0 Å². The summed E-state index contributed by atoms with van der Waals surface area (Å²) >= 11 is 0. The van der Waals surface area contributed by atoms with Crippen LogP contribution in [0.25, 0.3) is 10.8 Å². The molecule has 1 unspecified atom stereocenters. The quantitative estimate of drug-likeness (QED) is 0.712. The van der Waals surface area contributed by atoms with E-state index in [-0.39, 0.29) is 6.04 Å². The molecule has 1 atom stereocenters. The van der Waals surface area contributed by atoms with Crippen LogP contribution in [0.4, 0.5) is 11.4 Å². The molecule has 0 amide bonds. The molecular formula is C16H16N4. The molecule has 0 aliphatic carbocycles. The van der Waals surface area contributed by atoms with Crippen molar-refractivity contribution >= 4 is 22.1 Å². The maximum Gasteiger partial charge on any atom is 0.0486 e. The Hall–Kier alpha value is -2.62. The third-order valence-corrected chi connectivity index (χ3v) is 3.43. The Bertz CT molecular complexity index is 725. The first kappa shape index (κ1) is 12.4. The van der Waals surface area contributed by atoms with Crippen molar-refractivity contribution in [1.82, 2.24) is 9.97 Å². The molecule has 0 aliphatic heterocycles. The topological polar surface area (TPSA) is 63.8 Å². The van der Waals surface area contributed by atoms with E-state index in [0.717, 1.165) is 22.1 Å². The second kappa shape index (κ2) is 5.17. The maximum absolute atomic E-state index is 5.99. The molecule has 3 aromatic rings. The molecule has 0 bridgehead atoms. The smallest absolute Gasteiger partial charge is 0.0486 e. The van der Waals surface area contributed by atoms with Gasteiger partial charge in [-0.05, 0) is 42.8 Å². The molecule has 3 N–H and O–H groups in total. The predicted octanol–water partition coefficient (Wildman–Crippen LogP) is 3.39. The summed E-state index contributed by atoms with van der Waals surface area (Å²) in [6.07, 6.45) is 7.19. The zero-order valence-corrected chi connectivity index (χ0v) is 11.2. The minimum absolute atomic E-state index is 0.193. The molecule has 4 nitrogen and oxygen atoms in total. The lowest BCUT2D eigenvalue weighted by molar-refractivity contribution is 0.883. The van der Waals surface area contributed by atoms with Crippen molar-refractivity contribution in [1.29, 1.82) is 0 Å². The van der Waals surface area contributed by atoms with Crippen LogP contribution in [-0.2, 0) is 0 Å². The molecule has 0 saturated heterocycles. The summed E-state index contributed by atoms with van der Waals surface area (Å²) in [4.78, 5) is 8.18. The number of benzene rings is 1. The first-order chi connectivity index (χ1) is 9.75. The number of fused-ring (bicyclic) bond motifs is 1. The fraction of sp³-hybridized carbons (Fsp3) is 0.125. The van der Waals surface area contributed by atoms with Crippen LogP contribution in [-0.4, -0.2) is 9.97 Å². The van der Waals surface area contributed by atoms with Crippen molar-refractivity contribution in [3.05, 3.63) is 60.7 Å². The van der Waals surface area contributed by atoms with Gasteiger partial charge in [0.05, 0.1) is 0 Å². The van der Waals surface area contributed by atoms with Crippen LogP contribution < -0.4 is 11.1 Å². The van der Waals surface area contributed by atoms with Gasteiger partial charge in [-0.2, -0.15) is 0 Å². The Morgan fingerprint density at radius 2 is 1.70 bits per heavy atom. The second-order valence-corrected chi connectivity index (χ2v) is 4.77. The maximum atomic E-state index is 5.99. The SMILES string of the molecule is CC(Nc1ccc(N)c2cnccc12)c1ccncc1. The standard InChI is InChI=1S/C16H16N4/c1-11(12-4-7-18-8-5-12)20-16-3-2-15(17)14-10-19-9-6-13(14)16/h2-11,20H,17H2,1H3. The van der Waals surface area contributed by atoms with Crippen LogP contribution in [0.5, 0.6) is 0 Å². The summed E-state index contributed by atoms with van der Waals surface area (Å²) in [6.45, 7) is 2.12. The number of nitrogens with one attached hydrogen (secondary N) is 1. The van der Waals surface area contributed by atoms with E-state index in [2.05, 4.69) is 22.2 Å². The third-order valence-electron chi connectivity index (χ3n) is 3.43. The average molecular weight is 264 g/mol. The molecule has 2 aromatic heterocycles. The van der Waals surface area contributed by atoms with Gasteiger partial charge in [-0.1, -0.05) is 0 Å². The first-order valence-corrected chi connectivity index (χ1v) is 6.54. The minimum atomic E-state index is 0.193. The summed E-state index contributed by atoms with van der Waals surface area (Å²) in [7, 11) is 0. The van der Waals surface area contributed by atoms with Crippen LogP contribution in [0, 0.1) is 0 Å². The number of nitrogens with zero attached hydrogens (tertiary/aromatic N) is 2. The van der Waals surface area contributed by atoms with E-state index >= 15 is 0 Å². The molecule has 1 aromatic carbocycles. The highest BCUT2D eigenvalue weighted by Gasteiger charge is 2.08. The van der Waals surface area contributed by atoms with Gasteiger partial charge in [0.25, 0.3) is 0 Å². The lowest BCUT2D eigenvalue weighted by Gasteiger charge is -2.17. The van der Waals surface area contributed by atoms with Crippen molar-refractivity contribution in [2.24, 2.45) is 0 Å². The molecule has 0 fully saturated rings. The van der Waals surface area contributed by atoms with Gasteiger partial charge in [-0.25, -0.2) is 0 Å². The Balaban J connectivity index is 1.97. The van der Waals surface area contributed by atoms with Gasteiger partial charge in [-0.15, -0.1) is 0 Å². The van der Waals surface area contributed by atoms with Crippen molar-refractivity contribution in [2.45, 2.75) is 13.0 Å². The zero-order valence-electron chi connectivity index (χ0n) is 11.2. The predicted molar refractivity (Wildman–Crippen MR) is 82.4 cm³/mol. The van der Waals surface area contributed by atoms with Crippen molar-refractivity contribution in [3.63, 3.8) is 0 Å². The highest BCUT2D eigenvalue weighted by molar-refractivity contribution is 6.00. The molecule has 20 heavy (non-hydrogen) atoms. The van der Waals surface area contributed by atoms with E-state index in [9.17, 15) is 0 Å². The average Bonchev–Trinajstić information content (AvgIpc) is 2.51. The first-order valence-electron chi connectivity index (χ1n) is 6.54. The molecule has 4 heteroatoms.